The van der Waals surface area contributed by atoms with Crippen molar-refractivity contribution in [2.45, 2.75) is 50.0 Å². The Bertz CT molecular complexity index is 731. The minimum absolute atomic E-state index is 0.227. The molecular weight excluding hydrogens is 408 g/mol. The molecule has 2 heterocycles. The summed E-state index contributed by atoms with van der Waals surface area (Å²) in [5.41, 5.74) is 0.111. The van der Waals surface area contributed by atoms with Gasteiger partial charge in [0.1, 0.15) is 31.0 Å². The highest BCUT2D eigenvalue weighted by molar-refractivity contribution is 5.87. The molecule has 1 aliphatic carbocycles. The first-order valence-corrected chi connectivity index (χ1v) is 9.22. The number of aliphatic carboxylic acids is 1. The molecule has 0 aromatic heterocycles. The number of carbonyl (C=O) groups excluding carboxylic acids is 1. The average Bonchev–Trinajstić information content (AvgIpc) is 3.03. The number of hydrogen-bond acceptors (Lipinski definition) is 11. The Morgan fingerprint density at radius 3 is 2.37 bits per heavy atom. The molecule has 0 saturated carbocycles. The van der Waals surface area contributed by atoms with Crippen LogP contribution in [-0.2, 0) is 28.5 Å². The Balaban J connectivity index is 1.85. The van der Waals surface area contributed by atoms with Crippen LogP contribution in [0.25, 0.3) is 0 Å². The highest BCUT2D eigenvalue weighted by atomic mass is 16.8. The Hall–Kier alpha value is -2.06. The van der Waals surface area contributed by atoms with Crippen LogP contribution in [-0.4, -0.2) is 98.9 Å². The molecule has 1 fully saturated rings. The maximum absolute atomic E-state index is 11.6. The van der Waals surface area contributed by atoms with Crippen LogP contribution in [0.4, 0.5) is 0 Å². The first-order valence-electron chi connectivity index (χ1n) is 9.22. The lowest BCUT2D eigenvalue weighted by atomic mass is 9.82. The van der Waals surface area contributed by atoms with Gasteiger partial charge in [-0.15, -0.1) is 0 Å². The van der Waals surface area contributed by atoms with Gasteiger partial charge in [-0.25, -0.2) is 4.79 Å². The Kier molecular flexibility index (Phi) is 6.77. The number of aliphatic hydroxyl groups excluding tert-OH is 5. The van der Waals surface area contributed by atoms with E-state index in [1.165, 1.54) is 13.0 Å². The molecule has 0 aromatic rings. The summed E-state index contributed by atoms with van der Waals surface area (Å²) < 4.78 is 21.3. The number of hydrogen-bond donors (Lipinski definition) is 6. The van der Waals surface area contributed by atoms with Gasteiger partial charge in [-0.2, -0.15) is 0 Å². The second-order valence-corrected chi connectivity index (χ2v) is 7.28. The molecule has 168 valence electrons. The molecule has 0 radical (unpaired) electrons. The summed E-state index contributed by atoms with van der Waals surface area (Å²) in [5.74, 6) is -3.82. The summed E-state index contributed by atoms with van der Waals surface area (Å²) in [6.45, 7) is 0.269. The van der Waals surface area contributed by atoms with Crippen LogP contribution in [0, 0.1) is 11.8 Å². The molecule has 0 amide bonds. The number of ether oxygens (including phenoxy) is 4. The van der Waals surface area contributed by atoms with Gasteiger partial charge in [0.2, 0.25) is 6.29 Å². The van der Waals surface area contributed by atoms with E-state index in [0.717, 1.165) is 6.26 Å². The molecule has 2 aliphatic heterocycles. The molecule has 12 nitrogen and oxygen atoms in total. The van der Waals surface area contributed by atoms with Crippen LogP contribution in [0.2, 0.25) is 0 Å². The van der Waals surface area contributed by atoms with Crippen molar-refractivity contribution >= 4 is 11.9 Å². The van der Waals surface area contributed by atoms with Gasteiger partial charge in [-0.05, 0) is 5.57 Å². The molecule has 12 heteroatoms. The fourth-order valence-electron chi connectivity index (χ4n) is 3.85. The normalized spacial score (nSPS) is 40.7. The smallest absolute Gasteiger partial charge is 0.335 e. The average molecular weight is 432 g/mol. The third-order valence-corrected chi connectivity index (χ3v) is 5.36. The van der Waals surface area contributed by atoms with Crippen LogP contribution in [0.15, 0.2) is 23.5 Å². The van der Waals surface area contributed by atoms with Gasteiger partial charge in [0.25, 0.3) is 0 Å². The highest BCUT2D eigenvalue weighted by Crippen LogP contribution is 2.44. The van der Waals surface area contributed by atoms with Gasteiger partial charge in [0.05, 0.1) is 30.5 Å². The van der Waals surface area contributed by atoms with Crippen molar-refractivity contribution in [1.29, 1.82) is 0 Å². The number of esters is 1. The van der Waals surface area contributed by atoms with Gasteiger partial charge in [0.15, 0.2) is 6.29 Å². The van der Waals surface area contributed by atoms with Gasteiger partial charge in [-0.1, -0.05) is 6.08 Å². The monoisotopic (exact) mass is 432 g/mol. The van der Waals surface area contributed by atoms with E-state index in [9.17, 15) is 40.2 Å². The van der Waals surface area contributed by atoms with Crippen molar-refractivity contribution in [3.05, 3.63) is 23.5 Å². The number of rotatable bonds is 6. The van der Waals surface area contributed by atoms with Crippen LogP contribution in [0.5, 0.6) is 0 Å². The number of aliphatic hydroxyl groups is 5. The first-order chi connectivity index (χ1) is 14.1. The van der Waals surface area contributed by atoms with E-state index in [4.69, 9.17) is 18.9 Å². The molecule has 0 bridgehead atoms. The SMILES string of the molecule is CC(=O)OCC1=C[C@H](O)[C@@H]2C(C(=O)O)=CO[C@@H](O[C@@H]3O[C@H](CO)[C@@H](O)[C@H](O)[C@H]3O)[C@H]12. The zero-order valence-electron chi connectivity index (χ0n) is 15.9. The molecule has 6 N–H and O–H groups in total. The van der Waals surface area contributed by atoms with E-state index >= 15 is 0 Å². The predicted molar refractivity (Wildman–Crippen MR) is 93.1 cm³/mol. The minimum Gasteiger partial charge on any atom is -0.478 e. The molecule has 0 unspecified atom stereocenters. The van der Waals surface area contributed by atoms with E-state index < -0.39 is 73.5 Å². The lowest BCUT2D eigenvalue weighted by molar-refractivity contribution is -0.340. The van der Waals surface area contributed by atoms with Crippen molar-refractivity contribution in [3.63, 3.8) is 0 Å². The van der Waals surface area contributed by atoms with Crippen molar-refractivity contribution in [1.82, 2.24) is 0 Å². The molecule has 30 heavy (non-hydrogen) atoms. The standard InChI is InChI=1S/C18H24O12/c1-6(20)27-4-7-2-9(21)12-8(16(25)26)5-28-17(11(7)12)30-18-15(24)14(23)13(22)10(3-19)29-18/h2,5,9-15,17-19,21-24H,3-4H2,1H3,(H,25,26)/t9-,10+,11+,12-,13+,14-,15+,17-,18-/m0/s1. The first kappa shape index (κ1) is 22.6. The maximum Gasteiger partial charge on any atom is 0.335 e. The summed E-state index contributed by atoms with van der Waals surface area (Å²) in [4.78, 5) is 22.7. The summed E-state index contributed by atoms with van der Waals surface area (Å²) in [6, 6.07) is 0. The van der Waals surface area contributed by atoms with Crippen molar-refractivity contribution in [3.8, 4) is 0 Å². The molecule has 0 spiro atoms. The van der Waals surface area contributed by atoms with Gasteiger partial charge in [-0.3, -0.25) is 4.79 Å². The highest BCUT2D eigenvalue weighted by Gasteiger charge is 2.52. The topological polar surface area (TPSA) is 192 Å². The molecule has 9 atom stereocenters. The van der Waals surface area contributed by atoms with Gasteiger partial charge < -0.3 is 49.6 Å². The minimum atomic E-state index is -1.71. The van der Waals surface area contributed by atoms with E-state index in [2.05, 4.69) is 0 Å². The number of carboxylic acid groups (broad SMARTS) is 1. The van der Waals surface area contributed by atoms with Crippen LogP contribution in [0.1, 0.15) is 6.92 Å². The largest absolute Gasteiger partial charge is 0.478 e. The van der Waals surface area contributed by atoms with Crippen LogP contribution >= 0.6 is 0 Å². The molecular formula is C18H24O12. The van der Waals surface area contributed by atoms with Gasteiger partial charge in [0, 0.05) is 12.8 Å². The number of fused-ring (bicyclic) bond motifs is 1. The van der Waals surface area contributed by atoms with Crippen molar-refractivity contribution in [2.75, 3.05) is 13.2 Å². The van der Waals surface area contributed by atoms with Crippen LogP contribution in [0.3, 0.4) is 0 Å². The van der Waals surface area contributed by atoms with Crippen molar-refractivity contribution < 1.29 is 59.2 Å². The lowest BCUT2D eigenvalue weighted by Gasteiger charge is -2.43. The van der Waals surface area contributed by atoms with E-state index in [1.54, 1.807) is 0 Å². The number of carbonyl (C=O) groups is 2. The molecule has 3 rings (SSSR count). The summed E-state index contributed by atoms with van der Waals surface area (Å²) in [6.07, 6.45) is -8.01. The predicted octanol–water partition coefficient (Wildman–Crippen LogP) is -2.78. The Labute approximate surface area is 170 Å². The molecule has 1 saturated heterocycles. The summed E-state index contributed by atoms with van der Waals surface area (Å²) in [7, 11) is 0. The fraction of sp³-hybridized carbons (Fsp3) is 0.667. The molecule has 0 aromatic carbocycles. The number of carboxylic acids is 1. The lowest BCUT2D eigenvalue weighted by Crippen LogP contribution is -2.60. The molecule has 3 aliphatic rings. The van der Waals surface area contributed by atoms with E-state index in [-0.39, 0.29) is 12.2 Å². The van der Waals surface area contributed by atoms with Crippen molar-refractivity contribution in [2.24, 2.45) is 11.8 Å². The fourth-order valence-corrected chi connectivity index (χ4v) is 3.85. The summed E-state index contributed by atoms with van der Waals surface area (Å²) in [5, 5.41) is 59.1. The van der Waals surface area contributed by atoms with E-state index in [1.807, 2.05) is 0 Å². The summed E-state index contributed by atoms with van der Waals surface area (Å²) >= 11 is 0. The maximum atomic E-state index is 11.6. The Morgan fingerprint density at radius 2 is 1.77 bits per heavy atom. The van der Waals surface area contributed by atoms with Gasteiger partial charge >= 0.3 is 11.9 Å². The zero-order chi connectivity index (χ0) is 22.2. The third-order valence-electron chi connectivity index (χ3n) is 5.36. The zero-order valence-corrected chi connectivity index (χ0v) is 15.9. The quantitative estimate of drug-likeness (QED) is 0.187. The van der Waals surface area contributed by atoms with E-state index in [0.29, 0.717) is 5.57 Å². The second kappa shape index (κ2) is 8.98. The Morgan fingerprint density at radius 1 is 1.07 bits per heavy atom. The third kappa shape index (κ3) is 4.21. The second-order valence-electron chi connectivity index (χ2n) is 7.28. The van der Waals surface area contributed by atoms with Crippen LogP contribution < -0.4 is 0 Å².